The van der Waals surface area contributed by atoms with Gasteiger partial charge in [0.1, 0.15) is 11.6 Å². The molecule has 8 nitrogen and oxygen atoms in total. The number of hydrogen-bond donors (Lipinski definition) is 3. The first kappa shape index (κ1) is 25.6. The van der Waals surface area contributed by atoms with E-state index in [0.717, 1.165) is 0 Å². The van der Waals surface area contributed by atoms with Gasteiger partial charge in [-0.05, 0) is 57.6 Å². The number of nitrogens with one attached hydrogen (secondary N) is 2. The van der Waals surface area contributed by atoms with E-state index in [4.69, 9.17) is 4.74 Å². The first-order chi connectivity index (χ1) is 16.5. The van der Waals surface area contributed by atoms with Crippen LogP contribution in [0.3, 0.4) is 0 Å². The number of amides is 3. The predicted octanol–water partition coefficient (Wildman–Crippen LogP) is 2.57. The molecule has 0 aromatic heterocycles. The Hall–Kier alpha value is -2.45. The fourth-order valence-corrected chi connectivity index (χ4v) is 6.69. The maximum atomic E-state index is 14.1. The largest absolute Gasteiger partial charge is 0.394 e. The van der Waals surface area contributed by atoms with Crippen molar-refractivity contribution in [2.75, 3.05) is 11.9 Å². The lowest BCUT2D eigenvalue weighted by molar-refractivity contribution is -0.150. The molecule has 35 heavy (non-hydrogen) atoms. The van der Waals surface area contributed by atoms with Crippen molar-refractivity contribution in [3.05, 3.63) is 30.3 Å². The van der Waals surface area contributed by atoms with E-state index in [-0.39, 0.29) is 42.2 Å². The molecule has 1 aromatic rings. The second-order valence-corrected chi connectivity index (χ2v) is 11.4. The first-order valence-corrected chi connectivity index (χ1v) is 12.8. The molecule has 3 saturated heterocycles. The Morgan fingerprint density at radius 2 is 1.83 bits per heavy atom. The zero-order valence-electron chi connectivity index (χ0n) is 21.6. The summed E-state index contributed by atoms with van der Waals surface area (Å²) in [6.07, 6.45) is 1.05. The summed E-state index contributed by atoms with van der Waals surface area (Å²) in [4.78, 5) is 43.1. The molecular formula is C27H39N3O5. The van der Waals surface area contributed by atoms with E-state index in [1.807, 2.05) is 59.7 Å². The Balaban J connectivity index is 1.79. The number of benzene rings is 1. The lowest BCUT2D eigenvalue weighted by Crippen LogP contribution is -2.59. The van der Waals surface area contributed by atoms with Gasteiger partial charge in [0.15, 0.2) is 0 Å². The molecule has 1 aromatic carbocycles. The van der Waals surface area contributed by atoms with Gasteiger partial charge in [0.2, 0.25) is 17.7 Å². The summed E-state index contributed by atoms with van der Waals surface area (Å²) in [5.74, 6) is -2.23. The van der Waals surface area contributed by atoms with Crippen LogP contribution in [-0.4, -0.2) is 63.7 Å². The maximum Gasteiger partial charge on any atom is 0.246 e. The molecule has 7 atom stereocenters. The fourth-order valence-electron chi connectivity index (χ4n) is 6.69. The van der Waals surface area contributed by atoms with Crippen LogP contribution >= 0.6 is 0 Å². The minimum absolute atomic E-state index is 0.0370. The number of aliphatic hydroxyl groups is 1. The normalized spacial score (nSPS) is 34.4. The highest BCUT2D eigenvalue weighted by Crippen LogP contribution is 2.65. The van der Waals surface area contributed by atoms with E-state index in [9.17, 15) is 19.5 Å². The van der Waals surface area contributed by atoms with E-state index in [1.54, 1.807) is 17.0 Å². The highest BCUT2D eigenvalue weighted by molar-refractivity contribution is 6.02. The summed E-state index contributed by atoms with van der Waals surface area (Å²) in [5, 5.41) is 16.2. The molecule has 3 heterocycles. The van der Waals surface area contributed by atoms with Gasteiger partial charge in [-0.1, -0.05) is 39.0 Å². The maximum absolute atomic E-state index is 14.1. The van der Waals surface area contributed by atoms with Crippen molar-refractivity contribution in [1.29, 1.82) is 0 Å². The van der Waals surface area contributed by atoms with Crippen LogP contribution in [0.25, 0.3) is 0 Å². The molecule has 3 aliphatic rings. The van der Waals surface area contributed by atoms with E-state index >= 15 is 0 Å². The second kappa shape index (κ2) is 9.21. The number of rotatable bonds is 8. The third-order valence-electron chi connectivity index (χ3n) is 8.10. The van der Waals surface area contributed by atoms with Gasteiger partial charge in [-0.2, -0.15) is 0 Å². The molecule has 0 saturated carbocycles. The number of ether oxygens (including phenoxy) is 1. The topological polar surface area (TPSA) is 108 Å². The van der Waals surface area contributed by atoms with Crippen LogP contribution in [0.5, 0.6) is 0 Å². The Labute approximate surface area is 207 Å². The smallest absolute Gasteiger partial charge is 0.246 e. The number of para-hydroxylation sites is 1. The van der Waals surface area contributed by atoms with Gasteiger partial charge < -0.3 is 25.4 Å². The van der Waals surface area contributed by atoms with Crippen LogP contribution in [-0.2, 0) is 19.1 Å². The SMILES string of the molecule is CC(C)C[C@H](CO)N1C(=O)[C@@H]2[C@H](C(=O)Nc3ccccc3)[C@@]3(C)OC2(CC3C)C1C(=O)NC(C)C. The second-order valence-electron chi connectivity index (χ2n) is 11.4. The summed E-state index contributed by atoms with van der Waals surface area (Å²) >= 11 is 0. The molecule has 8 heteroatoms. The average molecular weight is 486 g/mol. The molecule has 0 radical (unpaired) electrons. The highest BCUT2D eigenvalue weighted by Gasteiger charge is 2.80. The number of anilines is 1. The van der Waals surface area contributed by atoms with Crippen molar-refractivity contribution in [3.8, 4) is 0 Å². The summed E-state index contributed by atoms with van der Waals surface area (Å²) in [6, 6.07) is 7.59. The fraction of sp³-hybridized carbons (Fsp3) is 0.667. The van der Waals surface area contributed by atoms with Crippen molar-refractivity contribution in [3.63, 3.8) is 0 Å². The van der Waals surface area contributed by atoms with E-state index < -0.39 is 35.1 Å². The molecule has 192 valence electrons. The minimum atomic E-state index is -1.12. The van der Waals surface area contributed by atoms with Crippen LogP contribution in [0, 0.1) is 23.7 Å². The molecule has 4 rings (SSSR count). The first-order valence-electron chi connectivity index (χ1n) is 12.8. The lowest BCUT2D eigenvalue weighted by atomic mass is 9.62. The highest BCUT2D eigenvalue weighted by atomic mass is 16.5. The lowest BCUT2D eigenvalue weighted by Gasteiger charge is -2.37. The van der Waals surface area contributed by atoms with E-state index in [0.29, 0.717) is 18.5 Å². The van der Waals surface area contributed by atoms with Gasteiger partial charge in [-0.15, -0.1) is 0 Å². The number of hydrogen-bond acceptors (Lipinski definition) is 5. The van der Waals surface area contributed by atoms with Crippen molar-refractivity contribution < 1.29 is 24.2 Å². The molecular weight excluding hydrogens is 446 g/mol. The van der Waals surface area contributed by atoms with Gasteiger partial charge in [-0.25, -0.2) is 0 Å². The zero-order valence-corrected chi connectivity index (χ0v) is 21.6. The number of fused-ring (bicyclic) bond motifs is 1. The Bertz CT molecular complexity index is 982. The summed E-state index contributed by atoms with van der Waals surface area (Å²) in [7, 11) is 0. The van der Waals surface area contributed by atoms with Crippen LogP contribution in [0.1, 0.15) is 54.4 Å². The number of carbonyl (C=O) groups excluding carboxylic acids is 3. The van der Waals surface area contributed by atoms with E-state index in [2.05, 4.69) is 10.6 Å². The van der Waals surface area contributed by atoms with Crippen LogP contribution in [0.15, 0.2) is 30.3 Å². The zero-order chi connectivity index (χ0) is 25.7. The standard InChI is InChI=1S/C27H39N3O5/c1-15(2)12-19(14-31)30-22(24(33)28-16(3)4)27-13-17(5)26(6,35-27)20(21(27)25(30)34)23(32)29-18-10-8-7-9-11-18/h7-11,15-17,19-22,31H,12-14H2,1-6H3,(H,28,33)(H,29,32)/t17?,19-,20-,21+,22?,26+,27?/m1/s1. The monoisotopic (exact) mass is 485 g/mol. The molecule has 1 spiro atoms. The number of likely N-dealkylation sites (tertiary alicyclic amines) is 1. The van der Waals surface area contributed by atoms with Crippen LogP contribution in [0.2, 0.25) is 0 Å². The quantitative estimate of drug-likeness (QED) is 0.525. The molecule has 3 unspecified atom stereocenters. The predicted molar refractivity (Wildman–Crippen MR) is 132 cm³/mol. The van der Waals surface area contributed by atoms with Crippen LogP contribution < -0.4 is 10.6 Å². The van der Waals surface area contributed by atoms with Crippen molar-refractivity contribution >= 4 is 23.4 Å². The van der Waals surface area contributed by atoms with Gasteiger partial charge in [0.25, 0.3) is 0 Å². The number of nitrogens with zero attached hydrogens (tertiary/aromatic N) is 1. The van der Waals surface area contributed by atoms with Crippen LogP contribution in [0.4, 0.5) is 5.69 Å². The van der Waals surface area contributed by atoms with Gasteiger partial charge in [0, 0.05) is 11.7 Å². The third-order valence-corrected chi connectivity index (χ3v) is 8.10. The average Bonchev–Trinajstić information content (AvgIpc) is 3.29. The number of aliphatic hydroxyl groups excluding tert-OH is 1. The molecule has 3 amide bonds. The summed E-state index contributed by atoms with van der Waals surface area (Å²) < 4.78 is 6.70. The number of carbonyl (C=O) groups is 3. The Morgan fingerprint density at radius 1 is 1.17 bits per heavy atom. The van der Waals surface area contributed by atoms with Crippen molar-refractivity contribution in [2.45, 2.75) is 83.7 Å². The molecule has 2 bridgehead atoms. The van der Waals surface area contributed by atoms with E-state index in [1.165, 1.54) is 0 Å². The Morgan fingerprint density at radius 3 is 2.40 bits per heavy atom. The molecule has 3 aliphatic heterocycles. The van der Waals surface area contributed by atoms with Gasteiger partial charge in [-0.3, -0.25) is 14.4 Å². The summed E-state index contributed by atoms with van der Waals surface area (Å²) in [6.45, 7) is 11.5. The molecule has 3 fully saturated rings. The molecule has 3 N–H and O–H groups in total. The third kappa shape index (κ3) is 4.04. The van der Waals surface area contributed by atoms with Gasteiger partial charge in [0.05, 0.1) is 30.1 Å². The van der Waals surface area contributed by atoms with Crippen molar-refractivity contribution in [2.24, 2.45) is 23.7 Å². The van der Waals surface area contributed by atoms with Gasteiger partial charge >= 0.3 is 0 Å². The Kier molecular flexibility index (Phi) is 6.74. The van der Waals surface area contributed by atoms with Crippen molar-refractivity contribution in [1.82, 2.24) is 10.2 Å². The summed E-state index contributed by atoms with van der Waals surface area (Å²) in [5.41, 5.74) is -1.35. The molecule has 0 aliphatic carbocycles. The minimum Gasteiger partial charge on any atom is -0.394 e.